The van der Waals surface area contributed by atoms with E-state index >= 15 is 0 Å². The zero-order valence-corrected chi connectivity index (χ0v) is 5.17. The predicted octanol–water partition coefficient (Wildman–Crippen LogP) is 1.50. The third-order valence-electron chi connectivity index (χ3n) is 0.724. The van der Waals surface area contributed by atoms with Gasteiger partial charge in [-0.15, -0.1) is 0 Å². The zero-order chi connectivity index (χ0) is 6.24. The summed E-state index contributed by atoms with van der Waals surface area (Å²) in [5.41, 5.74) is 0. The van der Waals surface area contributed by atoms with E-state index in [0.29, 0.717) is 0 Å². The van der Waals surface area contributed by atoms with Gasteiger partial charge in [-0.1, -0.05) is 31.2 Å². The second kappa shape index (κ2) is 6.44. The summed E-state index contributed by atoms with van der Waals surface area (Å²) in [6.07, 6.45) is 8.55. The van der Waals surface area contributed by atoms with Crippen LogP contribution in [0.1, 0.15) is 13.3 Å². The molecular formula is C7H12O. The highest BCUT2D eigenvalue weighted by Gasteiger charge is 1.62. The van der Waals surface area contributed by atoms with Gasteiger partial charge in [0.1, 0.15) is 0 Å². The van der Waals surface area contributed by atoms with Gasteiger partial charge in [-0.2, -0.15) is 0 Å². The Bertz CT molecular complexity index is 70.4. The lowest BCUT2D eigenvalue weighted by molar-refractivity contribution is 0.343. The fourth-order valence-electron chi connectivity index (χ4n) is 0.354. The summed E-state index contributed by atoms with van der Waals surface area (Å²) < 4.78 is 0. The molecule has 1 N–H and O–H groups in total. The highest BCUT2D eigenvalue weighted by Crippen LogP contribution is 1.79. The molecule has 46 valence electrons. The minimum absolute atomic E-state index is 0.133. The van der Waals surface area contributed by atoms with Crippen molar-refractivity contribution in [2.24, 2.45) is 0 Å². The number of aliphatic hydroxyl groups is 1. The van der Waals surface area contributed by atoms with Gasteiger partial charge in [0, 0.05) is 0 Å². The van der Waals surface area contributed by atoms with Crippen LogP contribution in [0.25, 0.3) is 0 Å². The Morgan fingerprint density at radius 2 is 1.88 bits per heavy atom. The van der Waals surface area contributed by atoms with E-state index in [1.54, 1.807) is 6.08 Å². The van der Waals surface area contributed by atoms with Gasteiger partial charge >= 0.3 is 0 Å². The van der Waals surface area contributed by atoms with Crippen LogP contribution in [0.5, 0.6) is 0 Å². The summed E-state index contributed by atoms with van der Waals surface area (Å²) in [4.78, 5) is 0. The number of allylic oxidation sites excluding steroid dienone is 3. The molecule has 0 spiro atoms. The van der Waals surface area contributed by atoms with Crippen LogP contribution >= 0.6 is 0 Å². The van der Waals surface area contributed by atoms with Crippen molar-refractivity contribution >= 4 is 0 Å². The van der Waals surface area contributed by atoms with E-state index < -0.39 is 0 Å². The molecule has 0 aromatic heterocycles. The van der Waals surface area contributed by atoms with Crippen LogP contribution in [0.4, 0.5) is 0 Å². The van der Waals surface area contributed by atoms with Crippen LogP contribution in [-0.4, -0.2) is 11.7 Å². The first kappa shape index (κ1) is 7.44. The minimum atomic E-state index is 0.133. The second-order valence-electron chi connectivity index (χ2n) is 1.45. The van der Waals surface area contributed by atoms with Gasteiger partial charge in [0.25, 0.3) is 0 Å². The van der Waals surface area contributed by atoms with Gasteiger partial charge in [0.2, 0.25) is 0 Å². The largest absolute Gasteiger partial charge is 0.392 e. The fraction of sp³-hybridized carbons (Fsp3) is 0.429. The maximum Gasteiger partial charge on any atom is 0.0615 e. The van der Waals surface area contributed by atoms with Crippen LogP contribution in [0.15, 0.2) is 24.3 Å². The third kappa shape index (κ3) is 5.44. The second-order valence-corrected chi connectivity index (χ2v) is 1.45. The van der Waals surface area contributed by atoms with Crippen molar-refractivity contribution < 1.29 is 5.11 Å². The average molecular weight is 112 g/mol. The molecule has 0 unspecified atom stereocenters. The van der Waals surface area contributed by atoms with Crippen molar-refractivity contribution in [3.8, 4) is 0 Å². The summed E-state index contributed by atoms with van der Waals surface area (Å²) in [5, 5.41) is 8.24. The first-order valence-corrected chi connectivity index (χ1v) is 2.84. The molecule has 0 heterocycles. The number of hydrogen-bond acceptors (Lipinski definition) is 1. The Morgan fingerprint density at radius 3 is 2.38 bits per heavy atom. The molecular weight excluding hydrogens is 100 g/mol. The highest BCUT2D eigenvalue weighted by atomic mass is 16.2. The van der Waals surface area contributed by atoms with E-state index in [4.69, 9.17) is 5.11 Å². The molecule has 0 aliphatic rings. The van der Waals surface area contributed by atoms with Crippen LogP contribution in [-0.2, 0) is 0 Å². The zero-order valence-electron chi connectivity index (χ0n) is 5.17. The van der Waals surface area contributed by atoms with Crippen molar-refractivity contribution in [2.75, 3.05) is 6.61 Å². The van der Waals surface area contributed by atoms with Gasteiger partial charge in [-0.3, -0.25) is 0 Å². The normalized spacial score (nSPS) is 11.8. The molecule has 0 aromatic carbocycles. The molecule has 1 heteroatoms. The van der Waals surface area contributed by atoms with Gasteiger partial charge in [-0.05, 0) is 6.42 Å². The minimum Gasteiger partial charge on any atom is -0.392 e. The monoisotopic (exact) mass is 112 g/mol. The van der Waals surface area contributed by atoms with E-state index in [-0.39, 0.29) is 6.61 Å². The van der Waals surface area contributed by atoms with Crippen LogP contribution in [0, 0.1) is 0 Å². The van der Waals surface area contributed by atoms with Crippen LogP contribution in [0.3, 0.4) is 0 Å². The number of hydrogen-bond donors (Lipinski definition) is 1. The Labute approximate surface area is 50.3 Å². The van der Waals surface area contributed by atoms with Crippen molar-refractivity contribution in [3.63, 3.8) is 0 Å². The summed E-state index contributed by atoms with van der Waals surface area (Å²) in [7, 11) is 0. The third-order valence-corrected chi connectivity index (χ3v) is 0.724. The lowest BCUT2D eigenvalue weighted by Crippen LogP contribution is -1.67. The molecule has 0 atom stereocenters. The molecule has 0 aliphatic heterocycles. The van der Waals surface area contributed by atoms with Crippen LogP contribution in [0.2, 0.25) is 0 Å². The smallest absolute Gasteiger partial charge is 0.0615 e. The highest BCUT2D eigenvalue weighted by molar-refractivity contribution is 5.01. The molecule has 0 saturated carbocycles. The first-order chi connectivity index (χ1) is 3.91. The van der Waals surface area contributed by atoms with Gasteiger partial charge in [-0.25, -0.2) is 0 Å². The standard InChI is InChI=1S/C7H12O/c1-2-3-4-5-6-7-8/h3-6,8H,2,7H2,1H3/b4-3+,6-5-. The Balaban J connectivity index is 3.13. The molecule has 0 aromatic rings. The topological polar surface area (TPSA) is 20.2 Å². The maximum absolute atomic E-state index is 8.24. The van der Waals surface area contributed by atoms with Crippen molar-refractivity contribution in [2.45, 2.75) is 13.3 Å². The molecule has 0 aliphatic carbocycles. The quantitative estimate of drug-likeness (QED) is 0.548. The summed E-state index contributed by atoms with van der Waals surface area (Å²) in [6, 6.07) is 0. The average Bonchev–Trinajstić information content (AvgIpc) is 1.81. The molecule has 0 saturated heterocycles. The number of aliphatic hydroxyl groups excluding tert-OH is 1. The fourth-order valence-corrected chi connectivity index (χ4v) is 0.354. The van der Waals surface area contributed by atoms with Crippen molar-refractivity contribution in [3.05, 3.63) is 24.3 Å². The predicted molar refractivity (Wildman–Crippen MR) is 35.7 cm³/mol. The maximum atomic E-state index is 8.24. The Morgan fingerprint density at radius 1 is 1.25 bits per heavy atom. The Kier molecular flexibility index (Phi) is 5.99. The Hall–Kier alpha value is -0.560. The van der Waals surface area contributed by atoms with E-state index in [1.807, 2.05) is 18.2 Å². The molecule has 0 radical (unpaired) electrons. The molecule has 0 rings (SSSR count). The summed E-state index contributed by atoms with van der Waals surface area (Å²) in [5.74, 6) is 0. The lowest BCUT2D eigenvalue weighted by Gasteiger charge is -1.74. The van der Waals surface area contributed by atoms with Crippen molar-refractivity contribution in [1.29, 1.82) is 0 Å². The molecule has 0 amide bonds. The summed E-state index contributed by atoms with van der Waals surface area (Å²) >= 11 is 0. The van der Waals surface area contributed by atoms with Gasteiger partial charge < -0.3 is 5.11 Å². The summed E-state index contributed by atoms with van der Waals surface area (Å²) in [6.45, 7) is 2.21. The first-order valence-electron chi connectivity index (χ1n) is 2.84. The van der Waals surface area contributed by atoms with E-state index in [2.05, 4.69) is 6.92 Å². The SMILES string of the molecule is CC/C=C/C=C\CO. The van der Waals surface area contributed by atoms with E-state index in [0.717, 1.165) is 6.42 Å². The lowest BCUT2D eigenvalue weighted by atomic mass is 10.4. The van der Waals surface area contributed by atoms with Gasteiger partial charge in [0.15, 0.2) is 0 Å². The van der Waals surface area contributed by atoms with E-state index in [9.17, 15) is 0 Å². The van der Waals surface area contributed by atoms with Crippen molar-refractivity contribution in [1.82, 2.24) is 0 Å². The molecule has 0 bridgehead atoms. The number of rotatable bonds is 3. The molecule has 0 fully saturated rings. The van der Waals surface area contributed by atoms with Gasteiger partial charge in [0.05, 0.1) is 6.61 Å². The van der Waals surface area contributed by atoms with Crippen LogP contribution < -0.4 is 0 Å². The van der Waals surface area contributed by atoms with E-state index in [1.165, 1.54) is 0 Å². The molecule has 8 heavy (non-hydrogen) atoms. The molecule has 1 nitrogen and oxygen atoms in total.